The lowest BCUT2D eigenvalue weighted by molar-refractivity contribution is -0.385. The molecule has 1 aliphatic rings. The van der Waals surface area contributed by atoms with Crippen LogP contribution in [0.25, 0.3) is 6.08 Å². The second-order valence-electron chi connectivity index (χ2n) is 8.43. The Labute approximate surface area is 228 Å². The quantitative estimate of drug-likeness (QED) is 0.193. The number of phenols is 1. The normalized spacial score (nSPS) is 15.5. The van der Waals surface area contributed by atoms with E-state index in [0.717, 1.165) is 16.2 Å². The molecule has 0 saturated heterocycles. The monoisotopic (exact) mass is 603 g/mol. The first-order valence-corrected chi connectivity index (χ1v) is 13.9. The van der Waals surface area contributed by atoms with Crippen LogP contribution < -0.4 is 14.9 Å². The zero-order valence-electron chi connectivity index (χ0n) is 20.2. The molecule has 0 spiro atoms. The van der Waals surface area contributed by atoms with Gasteiger partial charge >= 0.3 is 11.7 Å². The highest BCUT2D eigenvalue weighted by atomic mass is 79.9. The second kappa shape index (κ2) is 10.6. The summed E-state index contributed by atoms with van der Waals surface area (Å²) in [6, 6.07) is 9.42. The standard InChI is InChI=1S/C25H22BrN3O6S2/c1-12(2)35-24(32)20-13(3)27-25-28(21(20)14-5-7-17(36-4)8-6-14)23(31)19(37-25)10-15-9-16(26)11-18(22(15)30)29(33)34/h5-12,21,30H,1-4H3/b19-10-/t21-/m1/s1. The van der Waals surface area contributed by atoms with Gasteiger partial charge in [0.1, 0.15) is 0 Å². The molecule has 4 rings (SSSR count). The van der Waals surface area contributed by atoms with E-state index in [0.29, 0.717) is 20.5 Å². The average molecular weight is 605 g/mol. The number of aromatic hydroxyl groups is 1. The van der Waals surface area contributed by atoms with Crippen molar-refractivity contribution in [1.29, 1.82) is 0 Å². The first kappa shape index (κ1) is 26.8. The highest BCUT2D eigenvalue weighted by molar-refractivity contribution is 9.10. The summed E-state index contributed by atoms with van der Waals surface area (Å²) >= 11 is 5.85. The van der Waals surface area contributed by atoms with Gasteiger partial charge in [0.2, 0.25) is 5.75 Å². The number of hydrogen-bond donors (Lipinski definition) is 1. The maximum Gasteiger partial charge on any atom is 0.338 e. The zero-order chi connectivity index (χ0) is 27.0. The first-order chi connectivity index (χ1) is 17.5. The molecule has 0 radical (unpaired) electrons. The molecule has 0 aliphatic carbocycles. The number of allylic oxidation sites excluding steroid dienone is 1. The molecule has 37 heavy (non-hydrogen) atoms. The summed E-state index contributed by atoms with van der Waals surface area (Å²) in [5.74, 6) is -1.12. The van der Waals surface area contributed by atoms with Crippen molar-refractivity contribution < 1.29 is 19.6 Å². The van der Waals surface area contributed by atoms with Gasteiger partial charge < -0.3 is 9.84 Å². The highest BCUT2D eigenvalue weighted by Crippen LogP contribution is 2.34. The van der Waals surface area contributed by atoms with E-state index in [2.05, 4.69) is 20.9 Å². The minimum atomic E-state index is -0.786. The minimum absolute atomic E-state index is 0.0994. The minimum Gasteiger partial charge on any atom is -0.502 e. The van der Waals surface area contributed by atoms with Gasteiger partial charge in [-0.1, -0.05) is 39.4 Å². The summed E-state index contributed by atoms with van der Waals surface area (Å²) in [4.78, 5) is 43.4. The largest absolute Gasteiger partial charge is 0.502 e. The molecule has 0 amide bonds. The van der Waals surface area contributed by atoms with E-state index in [4.69, 9.17) is 4.74 Å². The Morgan fingerprint density at radius 3 is 2.59 bits per heavy atom. The van der Waals surface area contributed by atoms with Gasteiger partial charge in [-0.2, -0.15) is 0 Å². The van der Waals surface area contributed by atoms with Crippen molar-refractivity contribution in [1.82, 2.24) is 4.57 Å². The topological polar surface area (TPSA) is 124 Å². The number of halogens is 1. The third-order valence-electron chi connectivity index (χ3n) is 5.58. The molecule has 192 valence electrons. The first-order valence-electron chi connectivity index (χ1n) is 11.1. The fraction of sp³-hybridized carbons (Fsp3) is 0.240. The summed E-state index contributed by atoms with van der Waals surface area (Å²) in [6.45, 7) is 5.19. The van der Waals surface area contributed by atoms with Crippen LogP contribution in [0.1, 0.15) is 37.9 Å². The Morgan fingerprint density at radius 2 is 2.00 bits per heavy atom. The van der Waals surface area contributed by atoms with Crippen molar-refractivity contribution in [3.8, 4) is 5.75 Å². The number of fused-ring (bicyclic) bond motifs is 1. The van der Waals surface area contributed by atoms with E-state index in [1.165, 1.54) is 22.8 Å². The van der Waals surface area contributed by atoms with Crippen LogP contribution in [0.5, 0.6) is 5.75 Å². The Bertz CT molecular complexity index is 1620. The number of carbonyl (C=O) groups excluding carboxylic acids is 1. The predicted molar refractivity (Wildman–Crippen MR) is 146 cm³/mol. The third-order valence-corrected chi connectivity index (χ3v) is 7.77. The number of thiazole rings is 1. The molecular weight excluding hydrogens is 582 g/mol. The number of esters is 1. The number of benzene rings is 2. The van der Waals surface area contributed by atoms with Gasteiger partial charge in [0.15, 0.2) is 4.80 Å². The van der Waals surface area contributed by atoms with Gasteiger partial charge in [-0.25, -0.2) is 9.79 Å². The van der Waals surface area contributed by atoms with Gasteiger partial charge in [0.05, 0.1) is 32.9 Å². The number of hydrogen-bond acceptors (Lipinski definition) is 9. The van der Waals surface area contributed by atoms with Crippen LogP contribution in [0.3, 0.4) is 0 Å². The van der Waals surface area contributed by atoms with E-state index in [1.807, 2.05) is 30.5 Å². The molecule has 1 N–H and O–H groups in total. The Morgan fingerprint density at radius 1 is 1.32 bits per heavy atom. The zero-order valence-corrected chi connectivity index (χ0v) is 23.4. The maximum absolute atomic E-state index is 13.7. The van der Waals surface area contributed by atoms with E-state index in [1.54, 1.807) is 32.5 Å². The molecule has 1 aromatic heterocycles. The molecule has 2 aromatic carbocycles. The van der Waals surface area contributed by atoms with Crippen LogP contribution in [0.2, 0.25) is 0 Å². The summed E-state index contributed by atoms with van der Waals surface area (Å²) in [5.41, 5.74) is 0.546. The van der Waals surface area contributed by atoms with E-state index in [-0.39, 0.29) is 21.8 Å². The van der Waals surface area contributed by atoms with Crippen molar-refractivity contribution in [3.05, 3.63) is 93.1 Å². The van der Waals surface area contributed by atoms with Gasteiger partial charge in [-0.15, -0.1) is 11.8 Å². The number of nitro groups is 1. The number of thioether (sulfide) groups is 1. The van der Waals surface area contributed by atoms with Crippen molar-refractivity contribution >= 4 is 56.8 Å². The van der Waals surface area contributed by atoms with E-state index in [9.17, 15) is 24.8 Å². The summed E-state index contributed by atoms with van der Waals surface area (Å²) in [7, 11) is 0. The lowest BCUT2D eigenvalue weighted by Gasteiger charge is -2.25. The molecule has 1 aliphatic heterocycles. The van der Waals surface area contributed by atoms with Crippen molar-refractivity contribution in [2.45, 2.75) is 37.8 Å². The Balaban J connectivity index is 1.97. The molecule has 1 atom stereocenters. The van der Waals surface area contributed by atoms with Crippen LogP contribution in [-0.4, -0.2) is 32.9 Å². The number of nitro benzene ring substituents is 1. The lowest BCUT2D eigenvalue weighted by atomic mass is 9.96. The molecule has 2 heterocycles. The van der Waals surface area contributed by atoms with E-state index >= 15 is 0 Å². The number of nitrogens with zero attached hydrogens (tertiary/aromatic N) is 3. The molecule has 12 heteroatoms. The van der Waals surface area contributed by atoms with Gasteiger partial charge in [-0.3, -0.25) is 19.5 Å². The van der Waals surface area contributed by atoms with E-state index < -0.39 is 33.9 Å². The van der Waals surface area contributed by atoms with Crippen molar-refractivity contribution in [3.63, 3.8) is 0 Å². The van der Waals surface area contributed by atoms with Crippen LogP contribution in [-0.2, 0) is 9.53 Å². The molecule has 0 unspecified atom stereocenters. The fourth-order valence-corrected chi connectivity index (χ4v) is 5.87. The average Bonchev–Trinajstić information content (AvgIpc) is 3.14. The van der Waals surface area contributed by atoms with Gasteiger partial charge in [0, 0.05) is 21.0 Å². The maximum atomic E-state index is 13.7. The number of phenolic OH excluding ortho intramolecular Hbond substituents is 1. The van der Waals surface area contributed by atoms with Crippen LogP contribution in [0, 0.1) is 10.1 Å². The molecule has 0 fully saturated rings. The molecule has 3 aromatic rings. The van der Waals surface area contributed by atoms with Gasteiger partial charge in [-0.05, 0) is 56.9 Å². The summed E-state index contributed by atoms with van der Waals surface area (Å²) < 4.78 is 7.49. The molecular formula is C25H22BrN3O6S2. The molecule has 0 bridgehead atoms. The third kappa shape index (κ3) is 5.27. The molecule has 9 nitrogen and oxygen atoms in total. The summed E-state index contributed by atoms with van der Waals surface area (Å²) in [5, 5.41) is 21.8. The summed E-state index contributed by atoms with van der Waals surface area (Å²) in [6.07, 6.45) is 2.97. The van der Waals surface area contributed by atoms with Gasteiger partial charge in [0.25, 0.3) is 5.56 Å². The number of carbonyl (C=O) groups is 1. The van der Waals surface area contributed by atoms with Crippen molar-refractivity contribution in [2.75, 3.05) is 6.26 Å². The predicted octanol–water partition coefficient (Wildman–Crippen LogP) is 4.29. The lowest BCUT2D eigenvalue weighted by Crippen LogP contribution is -2.40. The number of aromatic nitrogens is 1. The van der Waals surface area contributed by atoms with Crippen LogP contribution in [0.4, 0.5) is 5.69 Å². The van der Waals surface area contributed by atoms with Crippen molar-refractivity contribution in [2.24, 2.45) is 4.99 Å². The van der Waals surface area contributed by atoms with Crippen LogP contribution in [0.15, 0.2) is 66.8 Å². The number of ether oxygens (including phenoxy) is 1. The number of rotatable bonds is 6. The highest BCUT2D eigenvalue weighted by Gasteiger charge is 2.34. The Hall–Kier alpha value is -3.22. The molecule has 0 saturated carbocycles. The second-order valence-corrected chi connectivity index (χ2v) is 11.2. The van der Waals surface area contributed by atoms with Crippen LogP contribution >= 0.6 is 39.0 Å². The Kier molecular flexibility index (Phi) is 7.72. The fourth-order valence-electron chi connectivity index (χ4n) is 3.96. The SMILES string of the molecule is CSc1ccc([C@@H]2C(C(=O)OC(C)C)=C(C)N=c3s/c(=C\c4cc(Br)cc([N+](=O)[O-])c4O)c(=O)n32)cc1. The smallest absolute Gasteiger partial charge is 0.338 e.